The molecule has 0 aliphatic carbocycles. The molecule has 2 rings (SSSR count). The van der Waals surface area contributed by atoms with Crippen molar-refractivity contribution in [2.75, 3.05) is 33.2 Å². The van der Waals surface area contributed by atoms with E-state index in [4.69, 9.17) is 0 Å². The maximum atomic E-state index is 9.49. The van der Waals surface area contributed by atoms with Crippen LogP contribution in [0.2, 0.25) is 6.82 Å². The van der Waals surface area contributed by atoms with Gasteiger partial charge in [0.25, 0.3) is 0 Å². The molecule has 0 bridgehead atoms. The molecule has 1 N–H and O–H groups in total. The lowest BCUT2D eigenvalue weighted by Gasteiger charge is -2.35. The molecule has 96 valence electrons. The van der Waals surface area contributed by atoms with Crippen LogP contribution in [-0.4, -0.2) is 55.0 Å². The Balaban J connectivity index is 2.04. The van der Waals surface area contributed by atoms with E-state index in [2.05, 4.69) is 23.4 Å². The lowest BCUT2D eigenvalue weighted by Crippen LogP contribution is -2.43. The topological polar surface area (TPSA) is 26.7 Å². The quantitative estimate of drug-likeness (QED) is 0.794. The van der Waals surface area contributed by atoms with Crippen molar-refractivity contribution in [2.45, 2.75) is 6.82 Å². The fraction of sp³-hybridized carbons (Fsp3) is 0.429. The third-order valence-corrected chi connectivity index (χ3v) is 3.61. The lowest BCUT2D eigenvalue weighted by atomic mass is 9.64. The van der Waals surface area contributed by atoms with E-state index in [1.165, 1.54) is 0 Å². The molecular formula is C14H21BN2O. The highest BCUT2D eigenvalue weighted by atomic mass is 16.2. The molecule has 1 fully saturated rings. The van der Waals surface area contributed by atoms with Gasteiger partial charge in [0.05, 0.1) is 0 Å². The van der Waals surface area contributed by atoms with Crippen molar-refractivity contribution in [3.05, 3.63) is 36.4 Å². The summed E-state index contributed by atoms with van der Waals surface area (Å²) in [5.74, 6) is 0. The Kier molecular flexibility index (Phi) is 4.09. The Bertz CT molecular complexity index is 408. The molecule has 1 aliphatic rings. The smallest absolute Gasteiger partial charge is 0.320 e. The largest absolute Gasteiger partial charge is 0.447 e. The van der Waals surface area contributed by atoms with Crippen LogP contribution in [0.25, 0.3) is 5.70 Å². The molecule has 0 unspecified atom stereocenters. The number of piperazine rings is 1. The molecule has 0 spiro atoms. The van der Waals surface area contributed by atoms with Crippen molar-refractivity contribution in [3.63, 3.8) is 0 Å². The highest BCUT2D eigenvalue weighted by molar-refractivity contribution is 6.64. The van der Waals surface area contributed by atoms with E-state index in [1.807, 2.05) is 24.3 Å². The molecule has 1 heterocycles. The summed E-state index contributed by atoms with van der Waals surface area (Å²) in [6.07, 6.45) is 0. The number of hydrogen-bond donors (Lipinski definition) is 1. The third-order valence-electron chi connectivity index (χ3n) is 3.61. The number of hydrogen-bond acceptors (Lipinski definition) is 3. The van der Waals surface area contributed by atoms with Crippen molar-refractivity contribution in [1.29, 1.82) is 0 Å². The van der Waals surface area contributed by atoms with Crippen LogP contribution < -0.4 is 5.46 Å². The van der Waals surface area contributed by atoms with E-state index < -0.39 is 6.92 Å². The van der Waals surface area contributed by atoms with Crippen LogP contribution in [0, 0.1) is 0 Å². The van der Waals surface area contributed by atoms with Gasteiger partial charge in [-0.05, 0) is 18.1 Å². The first kappa shape index (κ1) is 13.2. The zero-order chi connectivity index (χ0) is 13.1. The predicted octanol–water partition coefficient (Wildman–Crippen LogP) is 0.725. The van der Waals surface area contributed by atoms with Crippen LogP contribution in [0.5, 0.6) is 0 Å². The first-order valence-electron chi connectivity index (χ1n) is 6.48. The van der Waals surface area contributed by atoms with Gasteiger partial charge in [-0.1, -0.05) is 37.7 Å². The molecule has 1 aliphatic heterocycles. The average molecular weight is 244 g/mol. The summed E-state index contributed by atoms with van der Waals surface area (Å²) >= 11 is 0. The summed E-state index contributed by atoms with van der Waals surface area (Å²) in [5.41, 5.74) is 3.18. The van der Waals surface area contributed by atoms with Crippen LogP contribution in [0.15, 0.2) is 30.8 Å². The van der Waals surface area contributed by atoms with Crippen molar-refractivity contribution in [1.82, 2.24) is 9.80 Å². The summed E-state index contributed by atoms with van der Waals surface area (Å²) in [5, 5.41) is 9.49. The van der Waals surface area contributed by atoms with E-state index in [1.54, 1.807) is 6.82 Å². The van der Waals surface area contributed by atoms with Crippen LogP contribution in [0.3, 0.4) is 0 Å². The number of rotatable bonds is 3. The SMILES string of the molecule is C=C(c1ccc(B(C)O)cc1)N1CCN(C)CC1. The standard InChI is InChI=1S/C14H21BN2O/c1-12(17-10-8-16(3)9-11-17)13-4-6-14(7-5-13)15(2)18/h4-7,18H,1,8-11H2,2-3H3. The Labute approximate surface area is 110 Å². The Morgan fingerprint density at radius 1 is 1.17 bits per heavy atom. The molecule has 1 aromatic rings. The minimum absolute atomic E-state index is 0.407. The van der Waals surface area contributed by atoms with Gasteiger partial charge in [-0.2, -0.15) is 0 Å². The molecule has 3 nitrogen and oxygen atoms in total. The van der Waals surface area contributed by atoms with Crippen LogP contribution in [-0.2, 0) is 0 Å². The highest BCUT2D eigenvalue weighted by Crippen LogP contribution is 2.17. The van der Waals surface area contributed by atoms with Crippen molar-refractivity contribution >= 4 is 18.1 Å². The minimum atomic E-state index is -0.407. The summed E-state index contributed by atoms with van der Waals surface area (Å²) in [7, 11) is 2.15. The van der Waals surface area contributed by atoms with E-state index in [-0.39, 0.29) is 0 Å². The van der Waals surface area contributed by atoms with E-state index in [0.29, 0.717) is 0 Å². The summed E-state index contributed by atoms with van der Waals surface area (Å²) in [6, 6.07) is 8.04. The van der Waals surface area contributed by atoms with E-state index in [0.717, 1.165) is 42.9 Å². The highest BCUT2D eigenvalue weighted by Gasteiger charge is 2.16. The second-order valence-electron chi connectivity index (χ2n) is 5.03. The molecule has 1 saturated heterocycles. The zero-order valence-electron chi connectivity index (χ0n) is 11.3. The molecule has 0 amide bonds. The third kappa shape index (κ3) is 2.95. The van der Waals surface area contributed by atoms with Crippen LogP contribution in [0.1, 0.15) is 5.56 Å². The van der Waals surface area contributed by atoms with Crippen LogP contribution >= 0.6 is 0 Å². The first-order valence-corrected chi connectivity index (χ1v) is 6.48. The number of nitrogens with zero attached hydrogens (tertiary/aromatic N) is 2. The predicted molar refractivity (Wildman–Crippen MR) is 78.0 cm³/mol. The Morgan fingerprint density at radius 3 is 2.22 bits per heavy atom. The van der Waals surface area contributed by atoms with Gasteiger partial charge in [0.15, 0.2) is 0 Å². The summed E-state index contributed by atoms with van der Waals surface area (Å²) in [6.45, 7) is 9.82. The normalized spacial score (nSPS) is 16.7. The second kappa shape index (κ2) is 5.59. The van der Waals surface area contributed by atoms with Crippen molar-refractivity contribution < 1.29 is 5.02 Å². The molecule has 1 aromatic carbocycles. The molecule has 0 atom stereocenters. The number of likely N-dealkylation sites (N-methyl/N-ethyl adjacent to an activating group) is 1. The first-order chi connectivity index (χ1) is 8.58. The van der Waals surface area contributed by atoms with Gasteiger partial charge in [-0.25, -0.2) is 0 Å². The number of benzene rings is 1. The maximum Gasteiger partial charge on any atom is 0.320 e. The molecule has 18 heavy (non-hydrogen) atoms. The van der Waals surface area contributed by atoms with Gasteiger partial charge in [0, 0.05) is 31.9 Å². The molecular weight excluding hydrogens is 223 g/mol. The van der Waals surface area contributed by atoms with Gasteiger partial charge in [0.2, 0.25) is 0 Å². The molecule has 4 heteroatoms. The second-order valence-corrected chi connectivity index (χ2v) is 5.03. The van der Waals surface area contributed by atoms with Gasteiger partial charge in [-0.3, -0.25) is 0 Å². The van der Waals surface area contributed by atoms with E-state index >= 15 is 0 Å². The van der Waals surface area contributed by atoms with Gasteiger partial charge < -0.3 is 14.8 Å². The monoisotopic (exact) mass is 244 g/mol. The summed E-state index contributed by atoms with van der Waals surface area (Å²) < 4.78 is 0. The van der Waals surface area contributed by atoms with Gasteiger partial charge >= 0.3 is 6.92 Å². The minimum Gasteiger partial charge on any atom is -0.447 e. The molecule has 0 radical (unpaired) electrons. The van der Waals surface area contributed by atoms with Gasteiger partial charge in [0.1, 0.15) is 0 Å². The molecule has 0 saturated carbocycles. The fourth-order valence-electron chi connectivity index (χ4n) is 2.21. The zero-order valence-corrected chi connectivity index (χ0v) is 11.3. The fourth-order valence-corrected chi connectivity index (χ4v) is 2.21. The van der Waals surface area contributed by atoms with Gasteiger partial charge in [-0.15, -0.1) is 0 Å². The van der Waals surface area contributed by atoms with Crippen molar-refractivity contribution in [3.8, 4) is 0 Å². The Hall–Kier alpha value is -1.26. The Morgan fingerprint density at radius 2 is 1.72 bits per heavy atom. The lowest BCUT2D eigenvalue weighted by molar-refractivity contribution is 0.207. The van der Waals surface area contributed by atoms with E-state index in [9.17, 15) is 5.02 Å². The van der Waals surface area contributed by atoms with Crippen molar-refractivity contribution in [2.24, 2.45) is 0 Å². The molecule has 0 aromatic heterocycles. The van der Waals surface area contributed by atoms with Crippen LogP contribution in [0.4, 0.5) is 0 Å². The summed E-state index contributed by atoms with van der Waals surface area (Å²) in [4.78, 5) is 4.66. The average Bonchev–Trinajstić information content (AvgIpc) is 2.39. The maximum absolute atomic E-state index is 9.49.